The van der Waals surface area contributed by atoms with Crippen molar-refractivity contribution < 1.29 is 14.7 Å². The summed E-state index contributed by atoms with van der Waals surface area (Å²) in [6.07, 6.45) is 3.71. The molecular weight excluding hydrogens is 268 g/mol. The third-order valence-corrected chi connectivity index (χ3v) is 5.39. The van der Waals surface area contributed by atoms with E-state index < -0.39 is 11.5 Å². The van der Waals surface area contributed by atoms with Gasteiger partial charge in [-0.1, -0.05) is 27.2 Å². The van der Waals surface area contributed by atoms with E-state index in [-0.39, 0.29) is 6.03 Å². The van der Waals surface area contributed by atoms with Gasteiger partial charge >= 0.3 is 12.0 Å². The molecule has 0 saturated carbocycles. The van der Waals surface area contributed by atoms with E-state index in [0.29, 0.717) is 31.2 Å². The van der Waals surface area contributed by atoms with Gasteiger partial charge in [0, 0.05) is 19.6 Å². The first-order chi connectivity index (χ1) is 9.92. The number of carboxylic acids is 1. The molecule has 2 saturated heterocycles. The molecule has 120 valence electrons. The quantitative estimate of drug-likeness (QED) is 0.871. The highest BCUT2D eigenvalue weighted by Crippen LogP contribution is 2.36. The van der Waals surface area contributed by atoms with Gasteiger partial charge in [0.25, 0.3) is 0 Å². The maximum atomic E-state index is 12.8. The van der Waals surface area contributed by atoms with E-state index in [2.05, 4.69) is 13.8 Å². The first-order valence-corrected chi connectivity index (χ1v) is 8.22. The summed E-state index contributed by atoms with van der Waals surface area (Å²) >= 11 is 0. The fraction of sp³-hybridized carbons (Fsp3) is 0.875. The Kier molecular flexibility index (Phi) is 4.79. The largest absolute Gasteiger partial charge is 0.479 e. The van der Waals surface area contributed by atoms with Gasteiger partial charge in [0.05, 0.1) is 0 Å². The molecule has 0 aromatic rings. The van der Waals surface area contributed by atoms with Gasteiger partial charge in [-0.05, 0) is 37.5 Å². The summed E-state index contributed by atoms with van der Waals surface area (Å²) in [5.74, 6) is 0.275. The van der Waals surface area contributed by atoms with Crippen LogP contribution in [0.5, 0.6) is 0 Å². The van der Waals surface area contributed by atoms with Crippen LogP contribution >= 0.6 is 0 Å². The number of carbonyl (C=O) groups excluding carboxylic acids is 1. The second kappa shape index (κ2) is 6.24. The lowest BCUT2D eigenvalue weighted by Crippen LogP contribution is -2.58. The predicted molar refractivity (Wildman–Crippen MR) is 81.1 cm³/mol. The molecule has 0 spiro atoms. The molecule has 5 heteroatoms. The number of rotatable bonds is 3. The number of likely N-dealkylation sites (tertiary alicyclic amines) is 2. The zero-order valence-corrected chi connectivity index (χ0v) is 13.5. The van der Waals surface area contributed by atoms with Gasteiger partial charge in [-0.15, -0.1) is 0 Å². The number of piperidine rings is 1. The average molecular weight is 296 g/mol. The number of hydrogen-bond acceptors (Lipinski definition) is 2. The Morgan fingerprint density at radius 1 is 1.24 bits per heavy atom. The summed E-state index contributed by atoms with van der Waals surface area (Å²) in [4.78, 5) is 28.2. The fourth-order valence-corrected chi connectivity index (χ4v) is 3.77. The normalized spacial score (nSPS) is 33.3. The van der Waals surface area contributed by atoms with E-state index in [0.717, 1.165) is 32.4 Å². The summed E-state index contributed by atoms with van der Waals surface area (Å²) < 4.78 is 0. The van der Waals surface area contributed by atoms with Crippen LogP contribution in [-0.2, 0) is 4.79 Å². The van der Waals surface area contributed by atoms with Crippen LogP contribution in [0.1, 0.15) is 52.9 Å². The smallest absolute Gasteiger partial charge is 0.329 e. The second-order valence-electron chi connectivity index (χ2n) is 6.81. The van der Waals surface area contributed by atoms with Crippen molar-refractivity contribution in [3.8, 4) is 0 Å². The number of amides is 2. The Labute approximate surface area is 127 Å². The van der Waals surface area contributed by atoms with Gasteiger partial charge in [0.1, 0.15) is 5.54 Å². The summed E-state index contributed by atoms with van der Waals surface area (Å²) in [6, 6.07) is -0.0675. The molecule has 0 aromatic carbocycles. The molecule has 21 heavy (non-hydrogen) atoms. The molecule has 3 unspecified atom stereocenters. The molecule has 2 fully saturated rings. The lowest BCUT2D eigenvalue weighted by atomic mass is 9.88. The van der Waals surface area contributed by atoms with Crippen LogP contribution < -0.4 is 0 Å². The van der Waals surface area contributed by atoms with Crippen LogP contribution in [0.25, 0.3) is 0 Å². The van der Waals surface area contributed by atoms with Crippen molar-refractivity contribution >= 4 is 12.0 Å². The van der Waals surface area contributed by atoms with Gasteiger partial charge in [-0.3, -0.25) is 0 Å². The number of carboxylic acid groups (broad SMARTS) is 1. The average Bonchev–Trinajstić information content (AvgIpc) is 2.86. The van der Waals surface area contributed by atoms with Gasteiger partial charge in [0.2, 0.25) is 0 Å². The van der Waals surface area contributed by atoms with E-state index in [1.54, 1.807) is 4.90 Å². The van der Waals surface area contributed by atoms with Crippen molar-refractivity contribution in [2.75, 3.05) is 19.6 Å². The Balaban J connectivity index is 2.15. The summed E-state index contributed by atoms with van der Waals surface area (Å²) in [5, 5.41) is 9.69. The third-order valence-electron chi connectivity index (χ3n) is 5.39. The van der Waals surface area contributed by atoms with Gasteiger partial charge in [0.15, 0.2) is 0 Å². The van der Waals surface area contributed by atoms with E-state index in [1.807, 2.05) is 11.8 Å². The van der Waals surface area contributed by atoms with Gasteiger partial charge < -0.3 is 14.9 Å². The number of hydrogen-bond donors (Lipinski definition) is 1. The van der Waals surface area contributed by atoms with Crippen molar-refractivity contribution in [1.82, 2.24) is 9.80 Å². The highest BCUT2D eigenvalue weighted by molar-refractivity contribution is 5.87. The van der Waals surface area contributed by atoms with E-state index in [9.17, 15) is 14.7 Å². The van der Waals surface area contributed by atoms with Crippen molar-refractivity contribution in [3.05, 3.63) is 0 Å². The number of nitrogens with zero attached hydrogens (tertiary/aromatic N) is 2. The van der Waals surface area contributed by atoms with Gasteiger partial charge in [-0.2, -0.15) is 0 Å². The molecule has 2 aliphatic rings. The topological polar surface area (TPSA) is 60.9 Å². The lowest BCUT2D eigenvalue weighted by molar-refractivity contribution is -0.149. The molecule has 2 rings (SSSR count). The first-order valence-electron chi connectivity index (χ1n) is 8.22. The molecule has 0 aromatic heterocycles. The lowest BCUT2D eigenvalue weighted by Gasteiger charge is -2.41. The standard InChI is InChI=1S/C16H28N2O3/c1-4-7-16(14(19)20)8-5-9-18(16)15(21)17-10-6-12(2)13(3)11-17/h12-13H,4-11H2,1-3H3,(H,19,20). The zero-order chi connectivity index (χ0) is 15.6. The third kappa shape index (κ3) is 2.87. The van der Waals surface area contributed by atoms with Crippen molar-refractivity contribution in [2.24, 2.45) is 11.8 Å². The monoisotopic (exact) mass is 296 g/mol. The SMILES string of the molecule is CCCC1(C(=O)O)CCCN1C(=O)N1CCC(C)C(C)C1. The number of urea groups is 1. The van der Waals surface area contributed by atoms with E-state index in [1.165, 1.54) is 0 Å². The Bertz CT molecular complexity index is 412. The van der Waals surface area contributed by atoms with E-state index >= 15 is 0 Å². The van der Waals surface area contributed by atoms with Crippen molar-refractivity contribution in [3.63, 3.8) is 0 Å². The fourth-order valence-electron chi connectivity index (χ4n) is 3.77. The number of carbonyl (C=O) groups is 2. The Hall–Kier alpha value is -1.26. The van der Waals surface area contributed by atoms with Crippen LogP contribution in [0.2, 0.25) is 0 Å². The minimum atomic E-state index is -0.974. The molecular formula is C16H28N2O3. The molecule has 0 bridgehead atoms. The molecule has 5 nitrogen and oxygen atoms in total. The van der Waals surface area contributed by atoms with Crippen LogP contribution in [-0.4, -0.2) is 52.1 Å². The highest BCUT2D eigenvalue weighted by Gasteiger charge is 2.50. The van der Waals surface area contributed by atoms with Crippen LogP contribution in [0.4, 0.5) is 4.79 Å². The highest BCUT2D eigenvalue weighted by atomic mass is 16.4. The first kappa shape index (κ1) is 16.1. The molecule has 0 radical (unpaired) electrons. The number of aliphatic carboxylic acids is 1. The zero-order valence-electron chi connectivity index (χ0n) is 13.5. The summed E-state index contributed by atoms with van der Waals surface area (Å²) in [6.45, 7) is 8.45. The molecule has 2 aliphatic heterocycles. The molecule has 1 N–H and O–H groups in total. The van der Waals surface area contributed by atoms with Crippen molar-refractivity contribution in [2.45, 2.75) is 58.4 Å². The molecule has 0 aliphatic carbocycles. The van der Waals surface area contributed by atoms with Crippen LogP contribution in [0.3, 0.4) is 0 Å². The minimum Gasteiger partial charge on any atom is -0.479 e. The summed E-state index contributed by atoms with van der Waals surface area (Å²) in [5.41, 5.74) is -0.974. The minimum absolute atomic E-state index is 0.0675. The molecule has 3 atom stereocenters. The van der Waals surface area contributed by atoms with Crippen molar-refractivity contribution in [1.29, 1.82) is 0 Å². The van der Waals surface area contributed by atoms with Gasteiger partial charge in [-0.25, -0.2) is 9.59 Å². The summed E-state index contributed by atoms with van der Waals surface area (Å²) in [7, 11) is 0. The molecule has 2 amide bonds. The maximum Gasteiger partial charge on any atom is 0.329 e. The maximum absolute atomic E-state index is 12.8. The molecule has 2 heterocycles. The Morgan fingerprint density at radius 2 is 1.95 bits per heavy atom. The van der Waals surface area contributed by atoms with E-state index in [4.69, 9.17) is 0 Å². The van der Waals surface area contributed by atoms with Crippen LogP contribution in [0, 0.1) is 11.8 Å². The predicted octanol–water partition coefficient (Wildman–Crippen LogP) is 2.80. The second-order valence-corrected chi connectivity index (χ2v) is 6.81. The van der Waals surface area contributed by atoms with Crippen LogP contribution in [0.15, 0.2) is 0 Å². The Morgan fingerprint density at radius 3 is 2.52 bits per heavy atom.